The normalized spacial score (nSPS) is 11.8. The smallest absolute Gasteiger partial charge is 0.0387 e. The molecule has 0 aromatic heterocycles. The van der Waals surface area contributed by atoms with Crippen molar-refractivity contribution < 1.29 is 0 Å². The SMILES string of the molecule is C=CCC(=C)Nc1cc(C)cc(C)c1.CC#Cc1cccc(-c2ccc(C(C)(CCC)CCC)cc2)c1.CCC1=CC=C(c2ccc(C)cc2)C1. The first kappa shape index (κ1) is 40.6. The third-order valence-electron chi connectivity index (χ3n) is 9.40. The predicted molar refractivity (Wildman–Crippen MR) is 227 cm³/mol. The molecule has 0 heterocycles. The van der Waals surface area contributed by atoms with Crippen molar-refractivity contribution in [1.82, 2.24) is 0 Å². The van der Waals surface area contributed by atoms with Crippen molar-refractivity contribution in [3.05, 3.63) is 167 Å². The number of aryl methyl sites for hydroxylation is 3. The predicted octanol–water partition coefficient (Wildman–Crippen LogP) is 14.5. The van der Waals surface area contributed by atoms with Crippen LogP contribution < -0.4 is 5.32 Å². The molecule has 0 saturated heterocycles. The van der Waals surface area contributed by atoms with Crippen LogP contribution in [0.1, 0.15) is 113 Å². The summed E-state index contributed by atoms with van der Waals surface area (Å²) in [5.41, 5.74) is 15.7. The van der Waals surface area contributed by atoms with Gasteiger partial charge in [-0.2, -0.15) is 0 Å². The van der Waals surface area contributed by atoms with Crippen LogP contribution in [0.15, 0.2) is 134 Å². The van der Waals surface area contributed by atoms with Gasteiger partial charge in [0.25, 0.3) is 0 Å². The maximum atomic E-state index is 3.92. The highest BCUT2D eigenvalue weighted by Gasteiger charge is 2.24. The fourth-order valence-electron chi connectivity index (χ4n) is 6.77. The molecule has 0 spiro atoms. The van der Waals surface area contributed by atoms with E-state index in [-0.39, 0.29) is 0 Å². The number of anilines is 1. The summed E-state index contributed by atoms with van der Waals surface area (Å²) in [4.78, 5) is 0. The Morgan fingerprint density at radius 1 is 0.765 bits per heavy atom. The van der Waals surface area contributed by atoms with E-state index < -0.39 is 0 Å². The van der Waals surface area contributed by atoms with Gasteiger partial charge in [0.05, 0.1) is 0 Å². The Kier molecular flexibility index (Phi) is 16.5. The van der Waals surface area contributed by atoms with Crippen molar-refractivity contribution in [1.29, 1.82) is 0 Å². The lowest BCUT2D eigenvalue weighted by molar-refractivity contribution is 0.392. The second-order valence-corrected chi connectivity index (χ2v) is 14.1. The molecule has 0 amide bonds. The Bertz CT molecular complexity index is 1810. The lowest BCUT2D eigenvalue weighted by Crippen LogP contribution is -2.21. The van der Waals surface area contributed by atoms with Gasteiger partial charge in [-0.1, -0.05) is 149 Å². The monoisotopic (exact) mass is 675 g/mol. The molecule has 1 aliphatic carbocycles. The summed E-state index contributed by atoms with van der Waals surface area (Å²) in [6.07, 6.45) is 14.4. The number of hydrogen-bond donors (Lipinski definition) is 1. The lowest BCUT2D eigenvalue weighted by Gasteiger charge is -2.30. The molecule has 0 aliphatic heterocycles. The van der Waals surface area contributed by atoms with Crippen molar-refractivity contribution >= 4 is 11.3 Å². The minimum atomic E-state index is 0.303. The highest BCUT2D eigenvalue weighted by atomic mass is 14.9. The van der Waals surface area contributed by atoms with Gasteiger partial charge in [-0.3, -0.25) is 0 Å². The minimum Gasteiger partial charge on any atom is -0.359 e. The van der Waals surface area contributed by atoms with E-state index in [2.05, 4.69) is 182 Å². The maximum absolute atomic E-state index is 3.92. The summed E-state index contributed by atoms with van der Waals surface area (Å²) in [5.74, 6) is 6.11. The zero-order valence-corrected chi connectivity index (χ0v) is 32.8. The standard InChI is InChI=1S/C23H28.C14H16.C13H17N/c1-5-9-19-10-8-11-21(18-19)20-12-14-22(15-13-20)23(4,16-6-2)17-7-3;1-3-12-6-9-14(10-12)13-7-4-11(2)5-8-13;1-5-6-12(4)14-13-8-10(2)7-11(3)9-13/h8,10-15,18H,6-7,16-17H2,1-4H3;4-9H,3,10H2,1-2H3;5,7-9,14H,1,4,6H2,2-3H3. The van der Waals surface area contributed by atoms with Gasteiger partial charge in [0.1, 0.15) is 0 Å². The molecule has 51 heavy (non-hydrogen) atoms. The molecule has 0 bridgehead atoms. The molecule has 0 atom stereocenters. The largest absolute Gasteiger partial charge is 0.359 e. The van der Waals surface area contributed by atoms with Gasteiger partial charge in [-0.15, -0.1) is 12.5 Å². The van der Waals surface area contributed by atoms with Crippen LogP contribution in [0.5, 0.6) is 0 Å². The summed E-state index contributed by atoms with van der Waals surface area (Å²) in [7, 11) is 0. The lowest BCUT2D eigenvalue weighted by atomic mass is 9.75. The molecule has 4 aromatic carbocycles. The van der Waals surface area contributed by atoms with E-state index in [4.69, 9.17) is 0 Å². The third kappa shape index (κ3) is 13.1. The quantitative estimate of drug-likeness (QED) is 0.116. The first-order valence-corrected chi connectivity index (χ1v) is 18.8. The van der Waals surface area contributed by atoms with Crippen LogP contribution in [0.4, 0.5) is 5.69 Å². The van der Waals surface area contributed by atoms with Gasteiger partial charge >= 0.3 is 0 Å². The topological polar surface area (TPSA) is 12.0 Å². The fraction of sp³-hybridized carbons (Fsp3) is 0.320. The zero-order chi connectivity index (χ0) is 37.2. The molecule has 1 nitrogen and oxygen atoms in total. The van der Waals surface area contributed by atoms with Gasteiger partial charge in [-0.25, -0.2) is 0 Å². The second-order valence-electron chi connectivity index (χ2n) is 14.1. The van der Waals surface area contributed by atoms with Crippen molar-refractivity contribution in [2.75, 3.05) is 5.32 Å². The highest BCUT2D eigenvalue weighted by Crippen LogP contribution is 2.35. The van der Waals surface area contributed by atoms with E-state index in [1.54, 1.807) is 5.57 Å². The van der Waals surface area contributed by atoms with Crippen LogP contribution in [0, 0.1) is 32.6 Å². The second kappa shape index (κ2) is 20.8. The molecule has 0 radical (unpaired) electrons. The van der Waals surface area contributed by atoms with Gasteiger partial charge in [0.2, 0.25) is 0 Å². The maximum Gasteiger partial charge on any atom is 0.0387 e. The van der Waals surface area contributed by atoms with E-state index in [1.165, 1.54) is 76.6 Å². The number of benzene rings is 4. The summed E-state index contributed by atoms with van der Waals surface area (Å²) < 4.78 is 0. The van der Waals surface area contributed by atoms with Crippen LogP contribution in [0.2, 0.25) is 0 Å². The fourth-order valence-corrected chi connectivity index (χ4v) is 6.77. The molecule has 1 N–H and O–H groups in total. The summed E-state index contributed by atoms with van der Waals surface area (Å²) in [6, 6.07) is 32.8. The molecule has 0 saturated carbocycles. The number of nitrogens with one attached hydrogen (secondary N) is 1. The average Bonchev–Trinajstić information content (AvgIpc) is 3.59. The van der Waals surface area contributed by atoms with E-state index in [9.17, 15) is 0 Å². The zero-order valence-electron chi connectivity index (χ0n) is 32.8. The number of rotatable bonds is 12. The minimum absolute atomic E-state index is 0.303. The molecule has 266 valence electrons. The summed E-state index contributed by atoms with van der Waals surface area (Å²) in [5, 5.41) is 3.26. The molecule has 4 aromatic rings. The summed E-state index contributed by atoms with van der Waals surface area (Å²) in [6.45, 7) is 25.0. The average molecular weight is 676 g/mol. The van der Waals surface area contributed by atoms with Gasteiger partial charge in [0.15, 0.2) is 0 Å². The van der Waals surface area contributed by atoms with E-state index >= 15 is 0 Å². The third-order valence-corrected chi connectivity index (χ3v) is 9.40. The van der Waals surface area contributed by atoms with Gasteiger partial charge in [0, 0.05) is 23.4 Å². The van der Waals surface area contributed by atoms with E-state index in [1.807, 2.05) is 13.0 Å². The Morgan fingerprint density at radius 3 is 1.94 bits per heavy atom. The Balaban J connectivity index is 0.000000217. The Morgan fingerprint density at radius 2 is 1.39 bits per heavy atom. The first-order valence-electron chi connectivity index (χ1n) is 18.8. The van der Waals surface area contributed by atoms with Crippen molar-refractivity contribution in [2.24, 2.45) is 0 Å². The van der Waals surface area contributed by atoms with Gasteiger partial charge < -0.3 is 5.32 Å². The molecule has 0 fully saturated rings. The van der Waals surface area contributed by atoms with E-state index in [0.717, 1.165) is 29.8 Å². The highest BCUT2D eigenvalue weighted by molar-refractivity contribution is 5.72. The molecule has 0 unspecified atom stereocenters. The van der Waals surface area contributed by atoms with E-state index in [0.29, 0.717) is 5.41 Å². The number of allylic oxidation sites excluding steroid dienone is 5. The van der Waals surface area contributed by atoms with Crippen LogP contribution in [-0.2, 0) is 5.41 Å². The van der Waals surface area contributed by atoms with Crippen molar-refractivity contribution in [2.45, 2.75) is 106 Å². The summed E-state index contributed by atoms with van der Waals surface area (Å²) >= 11 is 0. The molecular formula is C50H61N. The van der Waals surface area contributed by atoms with Crippen LogP contribution in [0.3, 0.4) is 0 Å². The Labute approximate surface area is 311 Å². The first-order chi connectivity index (χ1) is 24.5. The molecule has 5 rings (SSSR count). The molecular weight excluding hydrogens is 615 g/mol. The van der Waals surface area contributed by atoms with Gasteiger partial charge in [-0.05, 0) is 122 Å². The van der Waals surface area contributed by atoms with Crippen molar-refractivity contribution in [3.63, 3.8) is 0 Å². The molecule has 1 heteroatoms. The number of hydrogen-bond acceptors (Lipinski definition) is 1. The van der Waals surface area contributed by atoms with Crippen LogP contribution >= 0.6 is 0 Å². The Hall–Kier alpha value is -4.80. The van der Waals surface area contributed by atoms with Crippen LogP contribution in [0.25, 0.3) is 16.7 Å². The van der Waals surface area contributed by atoms with Crippen LogP contribution in [-0.4, -0.2) is 0 Å². The molecule has 1 aliphatic rings. The van der Waals surface area contributed by atoms with Crippen molar-refractivity contribution in [3.8, 4) is 23.0 Å².